The minimum Gasteiger partial charge on any atom is -0.508 e. The number of hydrogen-bond acceptors (Lipinski definition) is 2. The summed E-state index contributed by atoms with van der Waals surface area (Å²) >= 11 is 0. The molecule has 0 spiro atoms. The molecule has 1 heterocycles. The maximum Gasteiger partial charge on any atom is 0.116 e. The van der Waals surface area contributed by atoms with E-state index in [-0.39, 0.29) is 0 Å². The molecule has 1 aliphatic heterocycles. The normalized spacial score (nSPS) is 16.1. The molecule has 0 bridgehead atoms. The molecule has 0 aromatic heterocycles. The van der Waals surface area contributed by atoms with E-state index < -0.39 is 0 Å². The molecule has 2 aromatic rings. The lowest BCUT2D eigenvalue weighted by atomic mass is 10.1. The first-order valence-electron chi connectivity index (χ1n) is 7.64. The highest BCUT2D eigenvalue weighted by Crippen LogP contribution is 2.19. The van der Waals surface area contributed by atoms with Gasteiger partial charge in [-0.2, -0.15) is 0 Å². The van der Waals surface area contributed by atoms with Crippen LogP contribution in [0.15, 0.2) is 48.5 Å². The van der Waals surface area contributed by atoms with E-state index in [1.54, 1.807) is 11.0 Å². The molecule has 1 fully saturated rings. The molecule has 3 heteroatoms. The largest absolute Gasteiger partial charge is 0.508 e. The highest BCUT2D eigenvalue weighted by molar-refractivity contribution is 5.53. The van der Waals surface area contributed by atoms with E-state index in [1.807, 2.05) is 12.1 Å². The van der Waals surface area contributed by atoms with Crippen molar-refractivity contribution in [2.75, 3.05) is 31.1 Å². The standard InChI is InChI=1S/C18H22N2O/c1-15-5-2-3-8-18(15)20-11-9-19(10-12-20)14-16-6-4-7-17(21)13-16/h2-8,13,21H,9-12,14H2,1H3/p+1. The predicted octanol–water partition coefficient (Wildman–Crippen LogP) is 1.61. The van der Waals surface area contributed by atoms with Crippen molar-refractivity contribution in [1.82, 2.24) is 0 Å². The fraction of sp³-hybridized carbons (Fsp3) is 0.333. The zero-order chi connectivity index (χ0) is 14.7. The van der Waals surface area contributed by atoms with Crippen LogP contribution in [0.1, 0.15) is 11.1 Å². The van der Waals surface area contributed by atoms with Crippen LogP contribution in [0.4, 0.5) is 5.69 Å². The topological polar surface area (TPSA) is 27.9 Å². The van der Waals surface area contributed by atoms with E-state index in [1.165, 1.54) is 16.8 Å². The highest BCUT2D eigenvalue weighted by atomic mass is 16.3. The number of phenolic OH excluding ortho intramolecular Hbond substituents is 1. The van der Waals surface area contributed by atoms with E-state index in [2.05, 4.69) is 42.2 Å². The first-order valence-corrected chi connectivity index (χ1v) is 7.64. The third-order valence-electron chi connectivity index (χ3n) is 4.29. The van der Waals surface area contributed by atoms with Crippen molar-refractivity contribution in [3.05, 3.63) is 59.7 Å². The fourth-order valence-electron chi connectivity index (χ4n) is 3.11. The van der Waals surface area contributed by atoms with Gasteiger partial charge in [0, 0.05) is 11.3 Å². The van der Waals surface area contributed by atoms with Crippen molar-refractivity contribution in [3.8, 4) is 5.75 Å². The second-order valence-corrected chi connectivity index (χ2v) is 5.87. The molecule has 3 rings (SSSR count). The van der Waals surface area contributed by atoms with Gasteiger partial charge in [0.25, 0.3) is 0 Å². The Hall–Kier alpha value is -2.00. The van der Waals surface area contributed by atoms with Crippen LogP contribution in [0.25, 0.3) is 0 Å². The minimum absolute atomic E-state index is 0.366. The Morgan fingerprint density at radius 1 is 1.05 bits per heavy atom. The lowest BCUT2D eigenvalue weighted by Crippen LogP contribution is -3.13. The van der Waals surface area contributed by atoms with Crippen molar-refractivity contribution < 1.29 is 10.0 Å². The van der Waals surface area contributed by atoms with Gasteiger partial charge < -0.3 is 14.9 Å². The number of rotatable bonds is 3. The molecular weight excluding hydrogens is 260 g/mol. The average Bonchev–Trinajstić information content (AvgIpc) is 2.49. The number of nitrogens with one attached hydrogen (secondary N) is 1. The average molecular weight is 283 g/mol. The zero-order valence-corrected chi connectivity index (χ0v) is 12.5. The van der Waals surface area contributed by atoms with Crippen LogP contribution in [-0.2, 0) is 6.54 Å². The number of para-hydroxylation sites is 1. The lowest BCUT2D eigenvalue weighted by Gasteiger charge is -2.34. The number of quaternary nitrogens is 1. The Kier molecular flexibility index (Phi) is 4.11. The highest BCUT2D eigenvalue weighted by Gasteiger charge is 2.21. The molecule has 2 N–H and O–H groups in total. The fourth-order valence-corrected chi connectivity index (χ4v) is 3.11. The van der Waals surface area contributed by atoms with E-state index in [0.717, 1.165) is 32.7 Å². The van der Waals surface area contributed by atoms with Crippen molar-refractivity contribution in [1.29, 1.82) is 0 Å². The zero-order valence-electron chi connectivity index (χ0n) is 12.5. The Bertz CT molecular complexity index is 604. The van der Waals surface area contributed by atoms with Crippen LogP contribution in [0.3, 0.4) is 0 Å². The van der Waals surface area contributed by atoms with E-state index >= 15 is 0 Å². The Morgan fingerprint density at radius 3 is 2.52 bits per heavy atom. The van der Waals surface area contributed by atoms with Crippen LogP contribution in [0.2, 0.25) is 0 Å². The van der Waals surface area contributed by atoms with Crippen LogP contribution >= 0.6 is 0 Å². The summed E-state index contributed by atoms with van der Waals surface area (Å²) in [6, 6.07) is 16.2. The number of anilines is 1. The number of phenols is 1. The van der Waals surface area contributed by atoms with Crippen LogP contribution in [-0.4, -0.2) is 31.3 Å². The smallest absolute Gasteiger partial charge is 0.116 e. The minimum atomic E-state index is 0.366. The lowest BCUT2D eigenvalue weighted by molar-refractivity contribution is -0.914. The summed E-state index contributed by atoms with van der Waals surface area (Å²) in [6.07, 6.45) is 0. The SMILES string of the molecule is Cc1ccccc1N1CC[NH+](Cc2cccc(O)c2)CC1. The first-order chi connectivity index (χ1) is 10.2. The number of nitrogens with zero attached hydrogens (tertiary/aromatic N) is 1. The summed E-state index contributed by atoms with van der Waals surface area (Å²) in [5.41, 5.74) is 3.94. The van der Waals surface area contributed by atoms with E-state index in [9.17, 15) is 5.11 Å². The summed E-state index contributed by atoms with van der Waals surface area (Å²) in [5.74, 6) is 0.366. The van der Waals surface area contributed by atoms with Crippen molar-refractivity contribution in [2.24, 2.45) is 0 Å². The van der Waals surface area contributed by atoms with Gasteiger partial charge in [0.15, 0.2) is 0 Å². The molecule has 0 aliphatic carbocycles. The van der Waals surface area contributed by atoms with Gasteiger partial charge in [-0.1, -0.05) is 30.3 Å². The maximum absolute atomic E-state index is 9.55. The van der Waals surface area contributed by atoms with E-state index in [4.69, 9.17) is 0 Å². The van der Waals surface area contributed by atoms with Gasteiger partial charge in [-0.05, 0) is 30.7 Å². The van der Waals surface area contributed by atoms with Crippen LogP contribution < -0.4 is 9.80 Å². The van der Waals surface area contributed by atoms with Crippen molar-refractivity contribution >= 4 is 5.69 Å². The summed E-state index contributed by atoms with van der Waals surface area (Å²) < 4.78 is 0. The Morgan fingerprint density at radius 2 is 1.81 bits per heavy atom. The number of piperazine rings is 1. The second kappa shape index (κ2) is 6.19. The third kappa shape index (κ3) is 3.37. The van der Waals surface area contributed by atoms with Gasteiger partial charge in [0.05, 0.1) is 26.2 Å². The molecular formula is C18H23N2O+. The number of hydrogen-bond donors (Lipinski definition) is 2. The van der Waals surface area contributed by atoms with Gasteiger partial charge in [-0.25, -0.2) is 0 Å². The van der Waals surface area contributed by atoms with Crippen LogP contribution in [0, 0.1) is 6.92 Å². The summed E-state index contributed by atoms with van der Waals surface area (Å²) in [7, 11) is 0. The molecule has 21 heavy (non-hydrogen) atoms. The van der Waals surface area contributed by atoms with Gasteiger partial charge in [0.1, 0.15) is 12.3 Å². The molecule has 0 atom stereocenters. The third-order valence-corrected chi connectivity index (χ3v) is 4.29. The monoisotopic (exact) mass is 283 g/mol. The van der Waals surface area contributed by atoms with Crippen molar-refractivity contribution in [2.45, 2.75) is 13.5 Å². The molecule has 0 amide bonds. The van der Waals surface area contributed by atoms with Gasteiger partial charge >= 0.3 is 0 Å². The first kappa shape index (κ1) is 14.0. The Balaban J connectivity index is 1.59. The van der Waals surface area contributed by atoms with Gasteiger partial charge in [-0.15, -0.1) is 0 Å². The number of aryl methyl sites for hydroxylation is 1. The summed E-state index contributed by atoms with van der Waals surface area (Å²) in [5, 5.41) is 9.55. The second-order valence-electron chi connectivity index (χ2n) is 5.87. The molecule has 2 aromatic carbocycles. The van der Waals surface area contributed by atoms with Gasteiger partial charge in [-0.3, -0.25) is 0 Å². The van der Waals surface area contributed by atoms with E-state index in [0.29, 0.717) is 5.75 Å². The summed E-state index contributed by atoms with van der Waals surface area (Å²) in [6.45, 7) is 7.66. The molecule has 0 unspecified atom stereocenters. The molecule has 3 nitrogen and oxygen atoms in total. The van der Waals surface area contributed by atoms with Gasteiger partial charge in [0.2, 0.25) is 0 Å². The number of benzene rings is 2. The molecule has 0 radical (unpaired) electrons. The number of aromatic hydroxyl groups is 1. The maximum atomic E-state index is 9.55. The molecule has 1 aliphatic rings. The van der Waals surface area contributed by atoms with Crippen LogP contribution in [0.5, 0.6) is 5.75 Å². The van der Waals surface area contributed by atoms with Crippen molar-refractivity contribution in [3.63, 3.8) is 0 Å². The summed E-state index contributed by atoms with van der Waals surface area (Å²) in [4.78, 5) is 4.08. The molecule has 110 valence electrons. The predicted molar refractivity (Wildman–Crippen MR) is 85.9 cm³/mol. The Labute approximate surface area is 126 Å². The molecule has 0 saturated carbocycles. The molecule has 1 saturated heterocycles. The quantitative estimate of drug-likeness (QED) is 0.895.